The summed E-state index contributed by atoms with van der Waals surface area (Å²) in [5.41, 5.74) is 12.8. The highest BCUT2D eigenvalue weighted by molar-refractivity contribution is 6.21. The van der Waals surface area contributed by atoms with Crippen LogP contribution in [-0.4, -0.2) is 23.9 Å². The summed E-state index contributed by atoms with van der Waals surface area (Å²) in [7, 11) is 0. The van der Waals surface area contributed by atoms with E-state index >= 15 is 0 Å². The fraction of sp³-hybridized carbons (Fsp3) is 0.0278. The van der Waals surface area contributed by atoms with Gasteiger partial charge in [0.05, 0.1) is 16.6 Å². The Labute approximate surface area is 234 Å². The molecule has 5 heteroatoms. The van der Waals surface area contributed by atoms with Gasteiger partial charge in [-0.05, 0) is 76.5 Å². The van der Waals surface area contributed by atoms with E-state index in [9.17, 15) is 0 Å². The van der Waals surface area contributed by atoms with Crippen LogP contribution in [0.15, 0.2) is 116 Å². The lowest BCUT2D eigenvalue weighted by Gasteiger charge is -2.12. The van der Waals surface area contributed by atoms with Crippen molar-refractivity contribution in [2.45, 2.75) is 6.42 Å². The van der Waals surface area contributed by atoms with Gasteiger partial charge in [-0.2, -0.15) is 0 Å². The van der Waals surface area contributed by atoms with Crippen LogP contribution in [0.1, 0.15) is 11.1 Å². The fourth-order valence-electron chi connectivity index (χ4n) is 7.25. The van der Waals surface area contributed by atoms with E-state index in [2.05, 4.69) is 98.9 Å². The van der Waals surface area contributed by atoms with Gasteiger partial charge >= 0.3 is 0 Å². The second kappa shape index (κ2) is 7.55. The molecule has 5 nitrogen and oxygen atoms in total. The monoisotopic (exact) mass is 523 g/mol. The minimum absolute atomic E-state index is 0.862. The molecule has 9 aromatic rings. The van der Waals surface area contributed by atoms with Crippen LogP contribution >= 0.6 is 0 Å². The van der Waals surface area contributed by atoms with Crippen molar-refractivity contribution in [3.8, 4) is 16.8 Å². The zero-order valence-corrected chi connectivity index (χ0v) is 21.9. The summed E-state index contributed by atoms with van der Waals surface area (Å²) in [6, 6.07) is 34.8. The lowest BCUT2D eigenvalue weighted by Crippen LogP contribution is -1.95. The molecule has 0 bridgehead atoms. The van der Waals surface area contributed by atoms with Crippen LogP contribution in [-0.2, 0) is 6.42 Å². The molecule has 1 aliphatic carbocycles. The zero-order valence-electron chi connectivity index (χ0n) is 21.9. The van der Waals surface area contributed by atoms with Crippen LogP contribution in [0.2, 0.25) is 0 Å². The van der Waals surface area contributed by atoms with Gasteiger partial charge in [0.2, 0.25) is 0 Å². The van der Waals surface area contributed by atoms with E-state index in [1.807, 2.05) is 30.7 Å². The number of pyridine rings is 3. The number of rotatable bonds is 1. The number of nitrogens with zero attached hydrogens (tertiary/aromatic N) is 5. The van der Waals surface area contributed by atoms with Crippen LogP contribution in [0.4, 0.5) is 0 Å². The third-order valence-electron chi connectivity index (χ3n) is 8.86. The van der Waals surface area contributed by atoms with E-state index in [0.717, 1.165) is 34.1 Å². The molecule has 5 aromatic heterocycles. The summed E-state index contributed by atoms with van der Waals surface area (Å²) < 4.78 is 4.61. The van der Waals surface area contributed by atoms with E-state index in [4.69, 9.17) is 9.97 Å². The minimum Gasteiger partial charge on any atom is -0.309 e. The Morgan fingerprint density at radius 3 is 2.46 bits per heavy atom. The molecule has 0 unspecified atom stereocenters. The predicted molar refractivity (Wildman–Crippen MR) is 166 cm³/mol. The molecule has 0 aliphatic heterocycles. The van der Waals surface area contributed by atoms with Crippen molar-refractivity contribution in [1.82, 2.24) is 23.9 Å². The van der Waals surface area contributed by atoms with Crippen LogP contribution in [0.5, 0.6) is 0 Å². The predicted octanol–water partition coefficient (Wildman–Crippen LogP) is 8.25. The number of fused-ring (bicyclic) bond motifs is 16. The Kier molecular flexibility index (Phi) is 3.92. The van der Waals surface area contributed by atoms with Gasteiger partial charge in [0.25, 0.3) is 0 Å². The van der Waals surface area contributed by atoms with E-state index < -0.39 is 0 Å². The maximum Gasteiger partial charge on any atom is 0.164 e. The van der Waals surface area contributed by atoms with E-state index in [0.29, 0.717) is 0 Å². The van der Waals surface area contributed by atoms with E-state index in [1.54, 1.807) is 0 Å². The molecule has 10 rings (SSSR count). The van der Waals surface area contributed by atoms with Gasteiger partial charge in [0, 0.05) is 45.8 Å². The molecule has 41 heavy (non-hydrogen) atoms. The molecule has 1 aliphatic rings. The Hall–Kier alpha value is -5.55. The summed E-state index contributed by atoms with van der Waals surface area (Å²) >= 11 is 0. The first-order chi connectivity index (χ1) is 20.4. The number of benzene rings is 4. The Morgan fingerprint density at radius 2 is 1.51 bits per heavy atom. The normalized spacial score (nSPS) is 12.8. The molecule has 0 N–H and O–H groups in total. The second-order valence-electron chi connectivity index (χ2n) is 10.9. The topological polar surface area (TPSA) is 48.0 Å². The number of hydrogen-bond donors (Lipinski definition) is 0. The van der Waals surface area contributed by atoms with Gasteiger partial charge in [-0.15, -0.1) is 0 Å². The minimum atomic E-state index is 0.862. The molecule has 0 spiro atoms. The average Bonchev–Trinajstić information content (AvgIpc) is 3.71. The lowest BCUT2D eigenvalue weighted by atomic mass is 9.96. The lowest BCUT2D eigenvalue weighted by molar-refractivity contribution is 1.18. The van der Waals surface area contributed by atoms with Gasteiger partial charge in [0.15, 0.2) is 5.65 Å². The van der Waals surface area contributed by atoms with Crippen molar-refractivity contribution >= 4 is 60.3 Å². The van der Waals surface area contributed by atoms with Crippen LogP contribution in [0, 0.1) is 0 Å². The van der Waals surface area contributed by atoms with Gasteiger partial charge in [0.1, 0.15) is 11.2 Å². The highest BCUT2D eigenvalue weighted by Crippen LogP contribution is 2.49. The largest absolute Gasteiger partial charge is 0.309 e. The van der Waals surface area contributed by atoms with Crippen LogP contribution in [0.25, 0.3) is 77.1 Å². The van der Waals surface area contributed by atoms with E-state index in [-0.39, 0.29) is 0 Å². The first kappa shape index (κ1) is 21.3. The quantitative estimate of drug-likeness (QED) is 0.204. The van der Waals surface area contributed by atoms with Crippen molar-refractivity contribution in [2.24, 2.45) is 0 Å². The molecule has 5 heterocycles. The highest BCUT2D eigenvalue weighted by atomic mass is 15.1. The Balaban J connectivity index is 1.38. The van der Waals surface area contributed by atoms with Gasteiger partial charge in [-0.1, -0.05) is 54.6 Å². The highest BCUT2D eigenvalue weighted by Gasteiger charge is 2.28. The molecule has 0 radical (unpaired) electrons. The Bertz CT molecular complexity index is 2550. The summed E-state index contributed by atoms with van der Waals surface area (Å²) in [6.45, 7) is 0. The SMILES string of the molecule is c1ccc(-n2c3ccccc3c3c4c(ccc32)Cc2c-4ccc3c4cnccc4n4c5ncccc5nc4c23)cc1. The second-order valence-corrected chi connectivity index (χ2v) is 10.9. The average molecular weight is 524 g/mol. The molecule has 0 saturated heterocycles. The van der Waals surface area contributed by atoms with Crippen molar-refractivity contribution in [3.63, 3.8) is 0 Å². The summed E-state index contributed by atoms with van der Waals surface area (Å²) in [6.07, 6.45) is 6.54. The first-order valence-electron chi connectivity index (χ1n) is 13.9. The summed E-state index contributed by atoms with van der Waals surface area (Å²) in [4.78, 5) is 14.4. The summed E-state index contributed by atoms with van der Waals surface area (Å²) in [5, 5.41) is 6.08. The van der Waals surface area contributed by atoms with Crippen LogP contribution in [0.3, 0.4) is 0 Å². The molecule has 190 valence electrons. The standard InChI is InChI=1S/C36H21N5/c1-2-7-22(8-3-1)40-29-11-5-4-9-25(29)34-31(40)15-12-21-19-26-23(32(21)34)13-14-24-27-20-37-18-16-30(27)41-35-28(10-6-17-38-35)39-36(41)33(24)26/h1-18,20H,19H2. The fourth-order valence-corrected chi connectivity index (χ4v) is 7.25. The number of imidazole rings is 1. The van der Waals surface area contributed by atoms with E-state index in [1.165, 1.54) is 60.5 Å². The van der Waals surface area contributed by atoms with Crippen molar-refractivity contribution in [3.05, 3.63) is 127 Å². The smallest absolute Gasteiger partial charge is 0.164 e. The third kappa shape index (κ3) is 2.63. The molecular weight excluding hydrogens is 502 g/mol. The molecule has 4 aromatic carbocycles. The van der Waals surface area contributed by atoms with Crippen LogP contribution < -0.4 is 0 Å². The van der Waals surface area contributed by atoms with Crippen molar-refractivity contribution in [1.29, 1.82) is 0 Å². The maximum absolute atomic E-state index is 5.17. The molecular formula is C36H21N5. The molecule has 0 amide bonds. The van der Waals surface area contributed by atoms with Gasteiger partial charge < -0.3 is 4.57 Å². The van der Waals surface area contributed by atoms with Crippen molar-refractivity contribution in [2.75, 3.05) is 0 Å². The summed E-state index contributed by atoms with van der Waals surface area (Å²) in [5.74, 6) is 0. The van der Waals surface area contributed by atoms with Gasteiger partial charge in [-0.25, -0.2) is 9.97 Å². The maximum atomic E-state index is 5.17. The number of aromatic nitrogens is 5. The molecule has 0 fully saturated rings. The first-order valence-corrected chi connectivity index (χ1v) is 13.9. The molecule has 0 atom stereocenters. The Morgan fingerprint density at radius 1 is 0.610 bits per heavy atom. The zero-order chi connectivity index (χ0) is 26.7. The molecule has 0 saturated carbocycles. The third-order valence-corrected chi connectivity index (χ3v) is 8.86. The van der Waals surface area contributed by atoms with Crippen molar-refractivity contribution < 1.29 is 0 Å². The van der Waals surface area contributed by atoms with Gasteiger partial charge in [-0.3, -0.25) is 9.38 Å². The number of hydrogen-bond acceptors (Lipinski definition) is 3. The number of para-hydroxylation sites is 2.